The number of amides is 1. The number of ketones is 1. The summed E-state index contributed by atoms with van der Waals surface area (Å²) >= 11 is 0. The van der Waals surface area contributed by atoms with E-state index in [1.54, 1.807) is 4.90 Å². The third kappa shape index (κ3) is 2.74. The van der Waals surface area contributed by atoms with Gasteiger partial charge in [-0.15, -0.1) is 0 Å². The Bertz CT molecular complexity index is 1020. The zero-order valence-corrected chi connectivity index (χ0v) is 15.0. The van der Waals surface area contributed by atoms with Gasteiger partial charge in [0.1, 0.15) is 5.82 Å². The van der Waals surface area contributed by atoms with Gasteiger partial charge in [-0.05, 0) is 37.8 Å². The molecule has 136 valence electrons. The Kier molecular flexibility index (Phi) is 3.81. The van der Waals surface area contributed by atoms with Crippen LogP contribution in [0.4, 0.5) is 0 Å². The number of rotatable bonds is 4. The van der Waals surface area contributed by atoms with Crippen LogP contribution in [-0.4, -0.2) is 38.6 Å². The molecule has 0 spiro atoms. The lowest BCUT2D eigenvalue weighted by Gasteiger charge is -2.23. The molecule has 3 aromatic rings. The highest BCUT2D eigenvalue weighted by Gasteiger charge is 2.37. The summed E-state index contributed by atoms with van der Waals surface area (Å²) in [4.78, 5) is 32.8. The van der Waals surface area contributed by atoms with E-state index in [-0.39, 0.29) is 11.7 Å². The lowest BCUT2D eigenvalue weighted by Crippen LogP contribution is -2.40. The number of hydrogen-bond donors (Lipinski definition) is 0. The molecule has 1 aromatic carbocycles. The minimum atomic E-state index is -0.398. The van der Waals surface area contributed by atoms with E-state index in [4.69, 9.17) is 4.98 Å². The number of pyridine rings is 1. The van der Waals surface area contributed by atoms with Crippen molar-refractivity contribution in [3.05, 3.63) is 71.8 Å². The number of imidazole rings is 1. The van der Waals surface area contributed by atoms with Crippen LogP contribution < -0.4 is 0 Å². The zero-order chi connectivity index (χ0) is 18.4. The van der Waals surface area contributed by atoms with Crippen molar-refractivity contribution >= 4 is 17.2 Å². The third-order valence-corrected chi connectivity index (χ3v) is 5.60. The van der Waals surface area contributed by atoms with Gasteiger partial charge in [-0.3, -0.25) is 9.59 Å². The van der Waals surface area contributed by atoms with Gasteiger partial charge in [0.15, 0.2) is 11.5 Å². The topological polar surface area (TPSA) is 54.7 Å². The largest absolute Gasteiger partial charge is 0.327 e. The van der Waals surface area contributed by atoms with Gasteiger partial charge in [0.25, 0.3) is 5.91 Å². The number of hydrogen-bond acceptors (Lipinski definition) is 3. The highest BCUT2D eigenvalue weighted by molar-refractivity contribution is 6.06. The second-order valence-electron chi connectivity index (χ2n) is 7.44. The Morgan fingerprint density at radius 3 is 2.52 bits per heavy atom. The van der Waals surface area contributed by atoms with Crippen molar-refractivity contribution in [2.75, 3.05) is 6.54 Å². The smallest absolute Gasteiger partial charge is 0.275 e. The van der Waals surface area contributed by atoms with Gasteiger partial charge >= 0.3 is 0 Å². The fourth-order valence-electron chi connectivity index (χ4n) is 4.06. The molecule has 2 aromatic heterocycles. The molecule has 27 heavy (non-hydrogen) atoms. The highest BCUT2D eigenvalue weighted by Crippen LogP contribution is 2.40. The molecule has 1 unspecified atom stereocenters. The SMILES string of the molecule is O=C(c1ccccc1)C1CCCN1C(=O)c1nc(C2CC2)n2ccccc12. The normalized spacial score (nSPS) is 19.6. The van der Waals surface area contributed by atoms with E-state index in [1.807, 2.05) is 59.1 Å². The van der Waals surface area contributed by atoms with Crippen LogP contribution in [0, 0.1) is 0 Å². The standard InChI is InChI=1S/C22H21N3O2/c26-20(15-7-2-1-3-8-15)18-10-6-14-25(18)22(27)19-17-9-4-5-13-24(17)21(23-19)16-11-12-16/h1-5,7-9,13,16,18H,6,10-12,14H2. The summed E-state index contributed by atoms with van der Waals surface area (Å²) in [5.74, 6) is 1.31. The van der Waals surface area contributed by atoms with E-state index in [1.165, 1.54) is 0 Å². The van der Waals surface area contributed by atoms with Crippen LogP contribution in [0.2, 0.25) is 0 Å². The number of benzene rings is 1. The first-order chi connectivity index (χ1) is 13.2. The fraction of sp³-hybridized carbons (Fsp3) is 0.318. The molecule has 0 bridgehead atoms. The molecular weight excluding hydrogens is 338 g/mol. The number of fused-ring (bicyclic) bond motifs is 1. The first kappa shape index (κ1) is 16.2. The van der Waals surface area contributed by atoms with Crippen molar-refractivity contribution in [3.8, 4) is 0 Å². The van der Waals surface area contributed by atoms with Crippen molar-refractivity contribution < 1.29 is 9.59 Å². The molecule has 5 heteroatoms. The van der Waals surface area contributed by atoms with Gasteiger partial charge in [-0.2, -0.15) is 0 Å². The van der Waals surface area contributed by atoms with E-state index in [2.05, 4.69) is 0 Å². The van der Waals surface area contributed by atoms with E-state index in [0.717, 1.165) is 30.6 Å². The van der Waals surface area contributed by atoms with E-state index < -0.39 is 6.04 Å². The molecule has 1 aliphatic heterocycles. The molecule has 1 aliphatic carbocycles. The summed E-state index contributed by atoms with van der Waals surface area (Å²) in [6, 6.07) is 14.7. The molecule has 2 fully saturated rings. The van der Waals surface area contributed by atoms with Crippen LogP contribution in [0.3, 0.4) is 0 Å². The maximum absolute atomic E-state index is 13.4. The van der Waals surface area contributed by atoms with Crippen LogP contribution in [0.5, 0.6) is 0 Å². The third-order valence-electron chi connectivity index (χ3n) is 5.60. The predicted molar refractivity (Wildman–Crippen MR) is 102 cm³/mol. The van der Waals surface area contributed by atoms with Crippen molar-refractivity contribution in [1.82, 2.24) is 14.3 Å². The second kappa shape index (κ2) is 6.34. The van der Waals surface area contributed by atoms with Gasteiger partial charge in [-0.1, -0.05) is 36.4 Å². The Labute approximate surface area is 157 Å². The minimum absolute atomic E-state index is 0.0207. The van der Waals surface area contributed by atoms with Crippen LogP contribution in [0.15, 0.2) is 54.7 Å². The monoisotopic (exact) mass is 359 g/mol. The van der Waals surface area contributed by atoms with Gasteiger partial charge in [-0.25, -0.2) is 4.98 Å². The van der Waals surface area contributed by atoms with Gasteiger partial charge < -0.3 is 9.30 Å². The van der Waals surface area contributed by atoms with Crippen LogP contribution in [0.25, 0.3) is 5.52 Å². The first-order valence-electron chi connectivity index (χ1n) is 9.61. The molecule has 0 radical (unpaired) electrons. The van der Waals surface area contributed by atoms with E-state index in [0.29, 0.717) is 30.1 Å². The van der Waals surface area contributed by atoms with E-state index >= 15 is 0 Å². The molecule has 1 saturated carbocycles. The zero-order valence-electron chi connectivity index (χ0n) is 15.0. The Balaban J connectivity index is 1.50. The fourth-order valence-corrected chi connectivity index (χ4v) is 4.06. The number of Topliss-reactive ketones (excluding diaryl/α,β-unsaturated/α-hetero) is 1. The number of likely N-dealkylation sites (tertiary alicyclic amines) is 1. The highest BCUT2D eigenvalue weighted by atomic mass is 16.2. The predicted octanol–water partition coefficient (Wildman–Crippen LogP) is 3.70. The maximum atomic E-state index is 13.4. The van der Waals surface area contributed by atoms with Crippen LogP contribution >= 0.6 is 0 Å². The molecule has 2 aliphatic rings. The lowest BCUT2D eigenvalue weighted by molar-refractivity contribution is 0.0669. The molecule has 3 heterocycles. The van der Waals surface area contributed by atoms with E-state index in [9.17, 15) is 9.59 Å². The number of nitrogens with zero attached hydrogens (tertiary/aromatic N) is 3. The molecular formula is C22H21N3O2. The molecule has 5 rings (SSSR count). The van der Waals surface area contributed by atoms with Crippen LogP contribution in [-0.2, 0) is 0 Å². The average Bonchev–Trinajstić information content (AvgIpc) is 3.31. The number of aromatic nitrogens is 2. The number of carbonyl (C=O) groups is 2. The number of carbonyl (C=O) groups excluding carboxylic acids is 2. The Morgan fingerprint density at radius 1 is 0.963 bits per heavy atom. The van der Waals surface area contributed by atoms with Gasteiger partial charge in [0.05, 0.1) is 11.6 Å². The Hall–Kier alpha value is -2.95. The minimum Gasteiger partial charge on any atom is -0.327 e. The average molecular weight is 359 g/mol. The summed E-state index contributed by atoms with van der Waals surface area (Å²) in [7, 11) is 0. The quantitative estimate of drug-likeness (QED) is 0.668. The summed E-state index contributed by atoms with van der Waals surface area (Å²) in [6.07, 6.45) is 5.78. The molecule has 1 atom stereocenters. The maximum Gasteiger partial charge on any atom is 0.275 e. The molecule has 5 nitrogen and oxygen atoms in total. The van der Waals surface area contributed by atoms with Crippen molar-refractivity contribution in [1.29, 1.82) is 0 Å². The van der Waals surface area contributed by atoms with Gasteiger partial charge in [0.2, 0.25) is 0 Å². The summed E-state index contributed by atoms with van der Waals surface area (Å²) in [6.45, 7) is 0.604. The molecule has 1 amide bonds. The van der Waals surface area contributed by atoms with Gasteiger partial charge in [0, 0.05) is 24.2 Å². The van der Waals surface area contributed by atoms with Crippen molar-refractivity contribution in [3.63, 3.8) is 0 Å². The summed E-state index contributed by atoms with van der Waals surface area (Å²) in [5.41, 5.74) is 1.98. The summed E-state index contributed by atoms with van der Waals surface area (Å²) < 4.78 is 2.04. The van der Waals surface area contributed by atoms with Crippen LogP contribution in [0.1, 0.15) is 58.3 Å². The first-order valence-corrected chi connectivity index (χ1v) is 9.61. The molecule has 1 saturated heterocycles. The summed E-state index contributed by atoms with van der Waals surface area (Å²) in [5, 5.41) is 0. The lowest BCUT2D eigenvalue weighted by atomic mass is 10.0. The second-order valence-corrected chi connectivity index (χ2v) is 7.44. The van der Waals surface area contributed by atoms with Crippen molar-refractivity contribution in [2.45, 2.75) is 37.6 Å². The Morgan fingerprint density at radius 2 is 1.74 bits per heavy atom. The molecule has 0 N–H and O–H groups in total. The van der Waals surface area contributed by atoms with Crippen molar-refractivity contribution in [2.24, 2.45) is 0 Å².